The maximum absolute atomic E-state index is 3.70. The molecule has 0 amide bonds. The Labute approximate surface area is 182 Å². The summed E-state index contributed by atoms with van der Waals surface area (Å²) in [7, 11) is -1.36. The van der Waals surface area contributed by atoms with Crippen molar-refractivity contribution in [3.63, 3.8) is 0 Å². The Bertz CT molecular complexity index is 567. The molecule has 0 spiro atoms. The van der Waals surface area contributed by atoms with Gasteiger partial charge < -0.3 is 37.2 Å². The van der Waals surface area contributed by atoms with Gasteiger partial charge in [-0.3, -0.25) is 0 Å². The summed E-state index contributed by atoms with van der Waals surface area (Å²) >= 11 is 0. The molecule has 24 heavy (non-hydrogen) atoms. The van der Waals surface area contributed by atoms with Gasteiger partial charge in [-0.1, -0.05) is 93.2 Å². The number of halogens is 3. The zero-order valence-corrected chi connectivity index (χ0v) is 19.5. The number of hydrogen-bond donors (Lipinski definition) is 0. The van der Waals surface area contributed by atoms with Crippen molar-refractivity contribution in [3.8, 4) is 0 Å². The molecule has 1 aromatic carbocycles. The number of rotatable bonds is 3. The second-order valence-electron chi connectivity index (χ2n) is 7.03. The van der Waals surface area contributed by atoms with Crippen LogP contribution in [0, 0.1) is 12.0 Å². The van der Waals surface area contributed by atoms with Crippen molar-refractivity contribution >= 4 is 13.3 Å². The molecular weight excluding hydrogens is 411 g/mol. The van der Waals surface area contributed by atoms with Gasteiger partial charge in [0, 0.05) is 0 Å². The fourth-order valence-corrected chi connectivity index (χ4v) is 6.74. The molecule has 0 fully saturated rings. The van der Waals surface area contributed by atoms with Crippen molar-refractivity contribution in [2.45, 2.75) is 51.7 Å². The minimum absolute atomic E-state index is 0. The molecule has 2 aliphatic rings. The van der Waals surface area contributed by atoms with Crippen molar-refractivity contribution in [3.05, 3.63) is 53.1 Å². The maximum Gasteiger partial charge on any atom is 4.00 e. The van der Waals surface area contributed by atoms with Gasteiger partial charge in [-0.15, -0.1) is 0 Å². The van der Waals surface area contributed by atoms with E-state index >= 15 is 0 Å². The topological polar surface area (TPSA) is 0 Å². The summed E-state index contributed by atoms with van der Waals surface area (Å²) in [5.74, 6) is 0.701. The maximum atomic E-state index is 3.70. The van der Waals surface area contributed by atoms with Crippen LogP contribution in [0.5, 0.6) is 0 Å². The molecule has 0 saturated carbocycles. The van der Waals surface area contributed by atoms with Crippen LogP contribution in [0.2, 0.25) is 19.1 Å². The third kappa shape index (κ3) is 5.76. The SMILES string of the molecule is CC1=[C-]C2=C(CCCC2)C1C[Si](C)(C)c1ccccc1.[Cl-].[Cl-].[Cl-].[Ti+4]. The van der Waals surface area contributed by atoms with Crippen molar-refractivity contribution in [2.75, 3.05) is 0 Å². The molecule has 0 radical (unpaired) electrons. The molecule has 0 aliphatic heterocycles. The molecule has 3 rings (SSSR count). The minimum Gasteiger partial charge on any atom is -1.00 e. The van der Waals surface area contributed by atoms with E-state index < -0.39 is 8.07 Å². The normalized spacial score (nSPS) is 19.0. The van der Waals surface area contributed by atoms with Crippen LogP contribution in [0.25, 0.3) is 0 Å². The second-order valence-corrected chi connectivity index (χ2v) is 11.8. The van der Waals surface area contributed by atoms with Crippen LogP contribution in [-0.2, 0) is 21.7 Å². The smallest absolute Gasteiger partial charge is 1.00 e. The van der Waals surface area contributed by atoms with Crippen molar-refractivity contribution in [2.24, 2.45) is 5.92 Å². The standard InChI is InChI=1S/C19H25Si.3ClH.Ti/c1-15-13-16-9-7-8-12-18(16)19(15)14-20(2,3)17-10-5-4-6-11-17;;;;/h4-6,10-11,19H,7-9,12,14H2,1-3H3;3*1H;/q-1;;;;+4/p-3. The zero-order chi connectivity index (χ0) is 14.2. The Morgan fingerprint density at radius 3 is 2.21 bits per heavy atom. The average molecular weight is 436 g/mol. The summed E-state index contributed by atoms with van der Waals surface area (Å²) in [6.07, 6.45) is 9.05. The van der Waals surface area contributed by atoms with Crippen LogP contribution in [0.15, 0.2) is 47.1 Å². The minimum atomic E-state index is -1.36. The first-order chi connectivity index (χ1) is 9.58. The first-order valence-corrected chi connectivity index (χ1v) is 11.2. The summed E-state index contributed by atoms with van der Waals surface area (Å²) < 4.78 is 0. The predicted molar refractivity (Wildman–Crippen MR) is 89.8 cm³/mol. The summed E-state index contributed by atoms with van der Waals surface area (Å²) in [5, 5.41) is 1.60. The van der Waals surface area contributed by atoms with E-state index in [1.165, 1.54) is 37.3 Å². The Balaban J connectivity index is 0. The van der Waals surface area contributed by atoms with E-state index in [4.69, 9.17) is 0 Å². The fourth-order valence-electron chi connectivity index (χ4n) is 3.84. The number of allylic oxidation sites excluding steroid dienone is 4. The Morgan fingerprint density at radius 2 is 1.58 bits per heavy atom. The molecule has 1 aromatic rings. The Morgan fingerprint density at radius 1 is 1.00 bits per heavy atom. The second kappa shape index (κ2) is 11.3. The zero-order valence-electron chi connectivity index (χ0n) is 14.6. The molecule has 0 bridgehead atoms. The van der Waals surface area contributed by atoms with E-state index in [1.54, 1.807) is 16.3 Å². The van der Waals surface area contributed by atoms with Crippen LogP contribution in [0.1, 0.15) is 32.6 Å². The van der Waals surface area contributed by atoms with Gasteiger partial charge in [0.2, 0.25) is 0 Å². The van der Waals surface area contributed by atoms with E-state index in [2.05, 4.69) is 56.4 Å². The Kier molecular flexibility index (Phi) is 12.5. The van der Waals surface area contributed by atoms with Gasteiger partial charge in [0.15, 0.2) is 0 Å². The van der Waals surface area contributed by atoms with E-state index in [-0.39, 0.29) is 58.9 Å². The van der Waals surface area contributed by atoms with Gasteiger partial charge in [0.05, 0.1) is 8.07 Å². The fraction of sp³-hybridized carbons (Fsp3) is 0.474. The average Bonchev–Trinajstić information content (AvgIpc) is 2.76. The predicted octanol–water partition coefficient (Wildman–Crippen LogP) is -4.14. The molecule has 1 unspecified atom stereocenters. The monoisotopic (exact) mass is 434 g/mol. The van der Waals surface area contributed by atoms with Crippen molar-refractivity contribution in [1.82, 2.24) is 0 Å². The molecule has 0 N–H and O–H groups in total. The first-order valence-electron chi connectivity index (χ1n) is 7.96. The summed E-state index contributed by atoms with van der Waals surface area (Å²) in [5.41, 5.74) is 4.82. The number of hydrogen-bond acceptors (Lipinski definition) is 0. The van der Waals surface area contributed by atoms with Crippen LogP contribution < -0.4 is 42.4 Å². The summed E-state index contributed by atoms with van der Waals surface area (Å²) in [6.45, 7) is 7.35. The van der Waals surface area contributed by atoms with Crippen LogP contribution in [-0.4, -0.2) is 8.07 Å². The molecule has 2 aliphatic carbocycles. The molecule has 1 atom stereocenters. The molecule has 0 saturated heterocycles. The third-order valence-corrected chi connectivity index (χ3v) is 8.40. The third-order valence-electron chi connectivity index (χ3n) is 5.07. The summed E-state index contributed by atoms with van der Waals surface area (Å²) in [4.78, 5) is 0. The van der Waals surface area contributed by atoms with E-state index in [1.807, 2.05) is 0 Å². The van der Waals surface area contributed by atoms with Crippen LogP contribution in [0.4, 0.5) is 0 Å². The quantitative estimate of drug-likeness (QED) is 0.334. The van der Waals surface area contributed by atoms with Gasteiger partial charge in [0.25, 0.3) is 0 Å². The molecule has 5 heteroatoms. The van der Waals surface area contributed by atoms with Crippen LogP contribution >= 0.6 is 0 Å². The Hall–Kier alpha value is 0.501. The molecule has 0 aromatic heterocycles. The number of benzene rings is 1. The van der Waals surface area contributed by atoms with Gasteiger partial charge in [-0.05, 0) is 0 Å². The van der Waals surface area contributed by atoms with Gasteiger partial charge in [-0.2, -0.15) is 5.57 Å². The van der Waals surface area contributed by atoms with Gasteiger partial charge in [-0.25, -0.2) is 17.2 Å². The van der Waals surface area contributed by atoms with E-state index in [0.29, 0.717) is 5.92 Å². The largest absolute Gasteiger partial charge is 4.00 e. The summed E-state index contributed by atoms with van der Waals surface area (Å²) in [6, 6.07) is 12.5. The van der Waals surface area contributed by atoms with Crippen molar-refractivity contribution in [1.29, 1.82) is 0 Å². The van der Waals surface area contributed by atoms with Gasteiger partial charge in [0.1, 0.15) is 0 Å². The van der Waals surface area contributed by atoms with Crippen LogP contribution in [0.3, 0.4) is 0 Å². The first kappa shape index (κ1) is 26.7. The molecule has 130 valence electrons. The van der Waals surface area contributed by atoms with E-state index in [0.717, 1.165) is 0 Å². The molecule has 0 nitrogen and oxygen atoms in total. The van der Waals surface area contributed by atoms with Gasteiger partial charge >= 0.3 is 21.7 Å². The molecule has 0 heterocycles. The molecular formula is C19H25Cl3SiTi. The van der Waals surface area contributed by atoms with E-state index in [9.17, 15) is 0 Å². The van der Waals surface area contributed by atoms with Crippen molar-refractivity contribution < 1.29 is 58.9 Å².